The van der Waals surface area contributed by atoms with Gasteiger partial charge in [0.1, 0.15) is 23.3 Å². The molecule has 2 aromatic carbocycles. The molecule has 9 heteroatoms. The van der Waals surface area contributed by atoms with Gasteiger partial charge < -0.3 is 24.5 Å². The van der Waals surface area contributed by atoms with Crippen LogP contribution in [0.4, 0.5) is 5.69 Å². The molecule has 35 heavy (non-hydrogen) atoms. The van der Waals surface area contributed by atoms with E-state index < -0.39 is 12.0 Å². The average molecular weight is 506 g/mol. The lowest BCUT2D eigenvalue weighted by Gasteiger charge is -2.26. The van der Waals surface area contributed by atoms with Crippen LogP contribution >= 0.6 is 23.8 Å². The molecule has 3 heterocycles. The van der Waals surface area contributed by atoms with Crippen LogP contribution in [0.5, 0.6) is 5.75 Å². The summed E-state index contributed by atoms with van der Waals surface area (Å²) in [5.41, 5.74) is 2.35. The minimum absolute atomic E-state index is 0.0304. The molecule has 1 fully saturated rings. The van der Waals surface area contributed by atoms with E-state index >= 15 is 0 Å². The number of hydrogen-bond acceptors (Lipinski definition) is 6. The van der Waals surface area contributed by atoms with Gasteiger partial charge in [0.25, 0.3) is 0 Å². The van der Waals surface area contributed by atoms with Crippen LogP contribution in [0.25, 0.3) is 11.3 Å². The molecule has 0 unspecified atom stereocenters. The number of methoxy groups -OCH3 is 1. The number of thiocarbonyl (C=S) groups is 1. The number of aromatic hydroxyl groups is 1. The zero-order valence-electron chi connectivity index (χ0n) is 18.5. The summed E-state index contributed by atoms with van der Waals surface area (Å²) >= 11 is 11.9. The van der Waals surface area contributed by atoms with Gasteiger partial charge in [-0.05, 0) is 66.8 Å². The van der Waals surface area contributed by atoms with Gasteiger partial charge in [0.05, 0.1) is 30.1 Å². The minimum Gasteiger partial charge on any atom is -0.506 e. The van der Waals surface area contributed by atoms with Gasteiger partial charge in [0.2, 0.25) is 0 Å². The standard InChI is InChI=1S/C26H20ClN3O4S/c1-33-25(32)16-6-4-5-15(13-16)21-10-11-22(34-21)24-23(18-7-2-3-12-28-18)29-26(35)30(24)19-14-17(27)8-9-20(19)31/h2-14,23-24,31H,1H3,(H,29,35)/t23-,24-/m1/s1. The maximum atomic E-state index is 12.0. The van der Waals surface area contributed by atoms with Gasteiger partial charge in [0, 0.05) is 16.8 Å². The van der Waals surface area contributed by atoms with Crippen molar-refractivity contribution in [1.29, 1.82) is 0 Å². The zero-order chi connectivity index (χ0) is 24.5. The van der Waals surface area contributed by atoms with E-state index in [1.165, 1.54) is 13.2 Å². The first-order valence-corrected chi connectivity index (χ1v) is 11.5. The van der Waals surface area contributed by atoms with Gasteiger partial charge >= 0.3 is 5.97 Å². The molecule has 0 radical (unpaired) electrons. The Labute approximate surface area is 211 Å². The van der Waals surface area contributed by atoms with Gasteiger partial charge in [-0.1, -0.05) is 29.8 Å². The molecule has 2 atom stereocenters. The number of phenols is 1. The molecule has 7 nitrogen and oxygen atoms in total. The first-order valence-electron chi connectivity index (χ1n) is 10.7. The molecule has 0 aliphatic carbocycles. The zero-order valence-corrected chi connectivity index (χ0v) is 20.1. The Bertz CT molecular complexity index is 1410. The van der Waals surface area contributed by atoms with E-state index in [2.05, 4.69) is 10.3 Å². The molecule has 5 rings (SSSR count). The highest BCUT2D eigenvalue weighted by molar-refractivity contribution is 7.80. The second kappa shape index (κ2) is 9.40. The number of nitrogens with zero attached hydrogens (tertiary/aromatic N) is 2. The first kappa shape index (κ1) is 22.9. The number of ether oxygens (including phenoxy) is 1. The third-order valence-corrected chi connectivity index (χ3v) is 6.33. The van der Waals surface area contributed by atoms with E-state index in [0.717, 1.165) is 11.3 Å². The summed E-state index contributed by atoms with van der Waals surface area (Å²) in [6, 6.07) is 20.3. The van der Waals surface area contributed by atoms with Crippen molar-refractivity contribution in [2.75, 3.05) is 12.0 Å². The maximum absolute atomic E-state index is 12.0. The lowest BCUT2D eigenvalue weighted by molar-refractivity contribution is 0.0601. The normalized spacial score (nSPS) is 17.3. The topological polar surface area (TPSA) is 87.8 Å². The number of rotatable bonds is 5. The Balaban J connectivity index is 1.60. The Kier molecular flexibility index (Phi) is 6.15. The van der Waals surface area contributed by atoms with Crippen molar-refractivity contribution >= 4 is 40.6 Å². The van der Waals surface area contributed by atoms with Crippen LogP contribution in [0.15, 0.2) is 83.4 Å². The summed E-state index contributed by atoms with van der Waals surface area (Å²) in [6.07, 6.45) is 1.71. The minimum atomic E-state index is -0.473. The van der Waals surface area contributed by atoms with Gasteiger partial charge in [-0.25, -0.2) is 4.79 Å². The summed E-state index contributed by atoms with van der Waals surface area (Å²) in [5.74, 6) is 0.758. The number of pyridine rings is 1. The van der Waals surface area contributed by atoms with Crippen molar-refractivity contribution in [1.82, 2.24) is 10.3 Å². The predicted molar refractivity (Wildman–Crippen MR) is 137 cm³/mol. The molecule has 0 saturated carbocycles. The number of carbonyl (C=O) groups is 1. The van der Waals surface area contributed by atoms with Crippen LogP contribution in [-0.2, 0) is 4.74 Å². The third-order valence-electron chi connectivity index (χ3n) is 5.78. The van der Waals surface area contributed by atoms with Crippen LogP contribution in [0.1, 0.15) is 33.9 Å². The summed E-state index contributed by atoms with van der Waals surface area (Å²) in [6.45, 7) is 0. The monoisotopic (exact) mass is 505 g/mol. The lowest BCUT2D eigenvalue weighted by Crippen LogP contribution is -2.29. The van der Waals surface area contributed by atoms with E-state index in [4.69, 9.17) is 33.0 Å². The van der Waals surface area contributed by atoms with E-state index in [1.54, 1.807) is 41.4 Å². The molecule has 0 spiro atoms. The second-order valence-electron chi connectivity index (χ2n) is 7.90. The molecule has 1 aliphatic heterocycles. The van der Waals surface area contributed by atoms with Crippen molar-refractivity contribution in [2.24, 2.45) is 0 Å². The number of anilines is 1. The van der Waals surface area contributed by atoms with Crippen molar-refractivity contribution in [2.45, 2.75) is 12.1 Å². The molecular weight excluding hydrogens is 486 g/mol. The van der Waals surface area contributed by atoms with E-state index in [9.17, 15) is 9.90 Å². The van der Waals surface area contributed by atoms with Crippen LogP contribution in [0, 0.1) is 0 Å². The maximum Gasteiger partial charge on any atom is 0.337 e. The molecule has 2 N–H and O–H groups in total. The Hall–Kier alpha value is -3.88. The summed E-state index contributed by atoms with van der Waals surface area (Å²) in [4.78, 5) is 18.3. The molecule has 0 bridgehead atoms. The molecular formula is C26H20ClN3O4S. The van der Waals surface area contributed by atoms with Crippen LogP contribution < -0.4 is 10.2 Å². The number of furan rings is 1. The van der Waals surface area contributed by atoms with Gasteiger partial charge in [-0.3, -0.25) is 4.98 Å². The largest absolute Gasteiger partial charge is 0.506 e. The van der Waals surface area contributed by atoms with Gasteiger partial charge in [0.15, 0.2) is 5.11 Å². The smallest absolute Gasteiger partial charge is 0.337 e. The van der Waals surface area contributed by atoms with Crippen LogP contribution in [-0.4, -0.2) is 28.3 Å². The van der Waals surface area contributed by atoms with Crippen molar-refractivity contribution in [3.63, 3.8) is 0 Å². The number of nitrogens with one attached hydrogen (secondary N) is 1. The fraction of sp³-hybridized carbons (Fsp3) is 0.115. The number of benzene rings is 2. The lowest BCUT2D eigenvalue weighted by atomic mass is 10.0. The number of aromatic nitrogens is 1. The fourth-order valence-electron chi connectivity index (χ4n) is 4.18. The van der Waals surface area contributed by atoms with Crippen LogP contribution in [0.2, 0.25) is 5.02 Å². The third kappa shape index (κ3) is 4.34. The highest BCUT2D eigenvalue weighted by Crippen LogP contribution is 2.45. The van der Waals surface area contributed by atoms with E-state index in [0.29, 0.717) is 32.9 Å². The van der Waals surface area contributed by atoms with Crippen LogP contribution in [0.3, 0.4) is 0 Å². The van der Waals surface area contributed by atoms with Crippen molar-refractivity contribution in [3.8, 4) is 17.1 Å². The Morgan fingerprint density at radius 2 is 2.00 bits per heavy atom. The SMILES string of the molecule is COC(=O)c1cccc(-c2ccc([C@@H]3[C@@H](c4ccccn4)NC(=S)N3c3cc(Cl)ccc3O)o2)c1. The highest BCUT2D eigenvalue weighted by Gasteiger charge is 2.43. The first-order chi connectivity index (χ1) is 17.0. The fourth-order valence-corrected chi connectivity index (χ4v) is 4.68. The summed E-state index contributed by atoms with van der Waals surface area (Å²) < 4.78 is 11.1. The Morgan fingerprint density at radius 1 is 1.14 bits per heavy atom. The molecule has 0 amide bonds. The van der Waals surface area contributed by atoms with Gasteiger partial charge in [-0.15, -0.1) is 0 Å². The number of phenolic OH excluding ortho intramolecular Hbond substituents is 1. The Morgan fingerprint density at radius 3 is 2.77 bits per heavy atom. The number of carbonyl (C=O) groups excluding carboxylic acids is 1. The van der Waals surface area contributed by atoms with Crippen molar-refractivity contribution < 1.29 is 19.1 Å². The van der Waals surface area contributed by atoms with Gasteiger partial charge in [-0.2, -0.15) is 0 Å². The van der Waals surface area contributed by atoms with E-state index in [-0.39, 0.29) is 11.8 Å². The summed E-state index contributed by atoms with van der Waals surface area (Å²) in [5, 5.41) is 14.8. The number of halogens is 1. The van der Waals surface area contributed by atoms with E-state index in [1.807, 2.05) is 36.4 Å². The molecule has 2 aromatic heterocycles. The van der Waals surface area contributed by atoms with Crippen molar-refractivity contribution in [3.05, 3.63) is 101 Å². The average Bonchev–Trinajstić information content (AvgIpc) is 3.50. The molecule has 1 aliphatic rings. The number of hydrogen-bond donors (Lipinski definition) is 2. The quantitative estimate of drug-likeness (QED) is 0.265. The predicted octanol–water partition coefficient (Wildman–Crippen LogP) is 5.66. The molecule has 176 valence electrons. The molecule has 4 aromatic rings. The molecule has 1 saturated heterocycles. The highest BCUT2D eigenvalue weighted by atomic mass is 35.5. The summed E-state index contributed by atoms with van der Waals surface area (Å²) in [7, 11) is 1.34. The second-order valence-corrected chi connectivity index (χ2v) is 8.73. The number of esters is 1.